The first-order chi connectivity index (χ1) is 14.3. The van der Waals surface area contributed by atoms with E-state index in [0.29, 0.717) is 6.54 Å². The van der Waals surface area contributed by atoms with Gasteiger partial charge in [-0.15, -0.1) is 0 Å². The summed E-state index contributed by atoms with van der Waals surface area (Å²) in [5.41, 5.74) is 1.24. The fourth-order valence-corrected chi connectivity index (χ4v) is 3.40. The summed E-state index contributed by atoms with van der Waals surface area (Å²) in [7, 11) is 5.10. The van der Waals surface area contributed by atoms with E-state index in [9.17, 15) is 13.6 Å². The van der Waals surface area contributed by atoms with Crippen LogP contribution in [0.15, 0.2) is 54.6 Å². The molecule has 0 aromatic heterocycles. The summed E-state index contributed by atoms with van der Waals surface area (Å²) < 4.78 is 32.8. The predicted molar refractivity (Wildman–Crippen MR) is 114 cm³/mol. The normalized spacial score (nSPS) is 12.2. The lowest BCUT2D eigenvalue weighted by Gasteiger charge is -2.27. The third-order valence-electron chi connectivity index (χ3n) is 5.41. The second-order valence-electron chi connectivity index (χ2n) is 7.55. The Bertz CT molecular complexity index is 1050. The first kappa shape index (κ1) is 21.7. The van der Waals surface area contributed by atoms with Gasteiger partial charge in [-0.25, -0.2) is 8.78 Å². The molecule has 3 aromatic carbocycles. The summed E-state index contributed by atoms with van der Waals surface area (Å²) >= 11 is 0. The Kier molecular flexibility index (Phi) is 6.67. The van der Waals surface area contributed by atoms with Crippen molar-refractivity contribution >= 4 is 16.7 Å². The lowest BCUT2D eigenvalue weighted by molar-refractivity contribution is -0.131. The number of methoxy groups -OCH3 is 1. The number of carbonyl (C=O) groups excluding carboxylic acids is 1. The minimum Gasteiger partial charge on any atom is -0.497 e. The van der Waals surface area contributed by atoms with Crippen LogP contribution in [0.2, 0.25) is 0 Å². The summed E-state index contributed by atoms with van der Waals surface area (Å²) in [6, 6.07) is 14.8. The van der Waals surface area contributed by atoms with Crippen molar-refractivity contribution in [1.82, 2.24) is 9.80 Å². The molecule has 4 nitrogen and oxygen atoms in total. The number of ether oxygens (including phenoxy) is 1. The van der Waals surface area contributed by atoms with E-state index in [2.05, 4.69) is 0 Å². The van der Waals surface area contributed by atoms with Crippen molar-refractivity contribution in [2.45, 2.75) is 19.5 Å². The monoisotopic (exact) mass is 412 g/mol. The van der Waals surface area contributed by atoms with Crippen LogP contribution in [0, 0.1) is 11.6 Å². The molecular formula is C24H26F2N2O2. The van der Waals surface area contributed by atoms with Gasteiger partial charge in [0.1, 0.15) is 17.4 Å². The molecule has 0 aliphatic rings. The van der Waals surface area contributed by atoms with Crippen LogP contribution in [0.1, 0.15) is 24.1 Å². The molecule has 0 radical (unpaired) electrons. The number of amides is 1. The number of nitrogens with zero attached hydrogens (tertiary/aromatic N) is 2. The van der Waals surface area contributed by atoms with Gasteiger partial charge in [-0.1, -0.05) is 18.2 Å². The molecule has 1 atom stereocenters. The van der Waals surface area contributed by atoms with Crippen molar-refractivity contribution in [3.8, 4) is 5.75 Å². The third-order valence-corrected chi connectivity index (χ3v) is 5.41. The molecule has 0 N–H and O–H groups in total. The number of carbonyl (C=O) groups is 1. The highest BCUT2D eigenvalue weighted by Gasteiger charge is 2.20. The highest BCUT2D eigenvalue weighted by molar-refractivity contribution is 5.84. The Morgan fingerprint density at radius 1 is 1.00 bits per heavy atom. The molecule has 0 saturated heterocycles. The Balaban J connectivity index is 1.65. The van der Waals surface area contributed by atoms with Crippen LogP contribution in [0.3, 0.4) is 0 Å². The number of likely N-dealkylation sites (N-methyl/N-ethyl adjacent to an activating group) is 2. The van der Waals surface area contributed by atoms with E-state index in [0.717, 1.165) is 34.2 Å². The molecule has 1 amide bonds. The van der Waals surface area contributed by atoms with Crippen LogP contribution in [-0.2, 0) is 11.3 Å². The molecular weight excluding hydrogens is 386 g/mol. The molecule has 6 heteroatoms. The van der Waals surface area contributed by atoms with Gasteiger partial charge >= 0.3 is 0 Å². The largest absolute Gasteiger partial charge is 0.497 e. The van der Waals surface area contributed by atoms with Gasteiger partial charge in [-0.05, 0) is 66.7 Å². The molecule has 3 rings (SSSR count). The highest BCUT2D eigenvalue weighted by atomic mass is 19.1. The number of rotatable bonds is 7. The van der Waals surface area contributed by atoms with Gasteiger partial charge in [0.05, 0.1) is 13.7 Å². The maximum Gasteiger partial charge on any atom is 0.236 e. The topological polar surface area (TPSA) is 32.8 Å². The summed E-state index contributed by atoms with van der Waals surface area (Å²) in [4.78, 5) is 16.0. The molecule has 0 heterocycles. The summed E-state index contributed by atoms with van der Waals surface area (Å²) in [6.07, 6.45) is 0. The highest BCUT2D eigenvalue weighted by Crippen LogP contribution is 2.24. The minimum atomic E-state index is -0.496. The number of hydrogen-bond donors (Lipinski definition) is 0. The van der Waals surface area contributed by atoms with Crippen molar-refractivity contribution in [1.29, 1.82) is 0 Å². The van der Waals surface area contributed by atoms with Crippen LogP contribution in [0.4, 0.5) is 8.78 Å². The predicted octanol–water partition coefficient (Wildman–Crippen LogP) is 4.78. The number of hydrogen-bond acceptors (Lipinski definition) is 3. The van der Waals surface area contributed by atoms with Crippen molar-refractivity contribution in [3.05, 3.63) is 77.4 Å². The third kappa shape index (κ3) is 4.94. The average molecular weight is 412 g/mol. The second-order valence-corrected chi connectivity index (χ2v) is 7.55. The van der Waals surface area contributed by atoms with Gasteiger partial charge in [0.15, 0.2) is 0 Å². The maximum absolute atomic E-state index is 14.0. The zero-order valence-corrected chi connectivity index (χ0v) is 17.7. The summed E-state index contributed by atoms with van der Waals surface area (Å²) in [6.45, 7) is 2.30. The standard InChI is InChI=1S/C24H26F2N2O2/c1-16(22-13-20(25)8-10-23(22)26)27(2)15-24(29)28(3)14-17-5-6-19-12-21(30-4)9-7-18(19)11-17/h5-13,16H,14-15H2,1-4H3. The first-order valence-corrected chi connectivity index (χ1v) is 9.74. The van der Waals surface area contributed by atoms with E-state index in [1.807, 2.05) is 36.4 Å². The number of benzene rings is 3. The first-order valence-electron chi connectivity index (χ1n) is 9.74. The SMILES string of the molecule is COc1ccc2cc(CN(C)C(=O)CN(C)C(C)c3cc(F)ccc3F)ccc2c1. The molecule has 0 aliphatic heterocycles. The molecule has 0 aliphatic carbocycles. The van der Waals surface area contributed by atoms with Crippen molar-refractivity contribution in [3.63, 3.8) is 0 Å². The quantitative estimate of drug-likeness (QED) is 0.560. The maximum atomic E-state index is 14.0. The van der Waals surface area contributed by atoms with Crippen LogP contribution >= 0.6 is 0 Å². The van der Waals surface area contributed by atoms with E-state index in [-0.39, 0.29) is 18.0 Å². The van der Waals surface area contributed by atoms with Gasteiger partial charge < -0.3 is 9.64 Å². The van der Waals surface area contributed by atoms with Gasteiger partial charge in [-0.2, -0.15) is 0 Å². The molecule has 158 valence electrons. The van der Waals surface area contributed by atoms with Gasteiger partial charge in [0, 0.05) is 25.2 Å². The average Bonchev–Trinajstić information content (AvgIpc) is 2.74. The van der Waals surface area contributed by atoms with Crippen molar-refractivity contribution in [2.24, 2.45) is 0 Å². The molecule has 0 fully saturated rings. The zero-order chi connectivity index (χ0) is 21.8. The Labute approximate surface area is 175 Å². The Hall–Kier alpha value is -2.99. The van der Waals surface area contributed by atoms with E-state index < -0.39 is 17.7 Å². The fourth-order valence-electron chi connectivity index (χ4n) is 3.40. The molecule has 30 heavy (non-hydrogen) atoms. The van der Waals surface area contributed by atoms with Gasteiger partial charge in [0.2, 0.25) is 5.91 Å². The minimum absolute atomic E-state index is 0.0956. The van der Waals surface area contributed by atoms with Crippen molar-refractivity contribution < 1.29 is 18.3 Å². The number of halogens is 2. The van der Waals surface area contributed by atoms with Crippen LogP contribution in [0.5, 0.6) is 5.75 Å². The summed E-state index contributed by atoms with van der Waals surface area (Å²) in [5, 5.41) is 2.14. The number of fused-ring (bicyclic) bond motifs is 1. The Morgan fingerprint density at radius 3 is 2.43 bits per heavy atom. The van der Waals surface area contributed by atoms with Crippen LogP contribution in [-0.4, -0.2) is 43.5 Å². The zero-order valence-electron chi connectivity index (χ0n) is 17.7. The van der Waals surface area contributed by atoms with Gasteiger partial charge in [-0.3, -0.25) is 9.69 Å². The smallest absolute Gasteiger partial charge is 0.236 e. The van der Waals surface area contributed by atoms with Crippen LogP contribution < -0.4 is 4.74 Å². The van der Waals surface area contributed by atoms with E-state index in [1.54, 1.807) is 37.9 Å². The molecule has 1 unspecified atom stereocenters. The van der Waals surface area contributed by atoms with Crippen molar-refractivity contribution in [2.75, 3.05) is 27.7 Å². The van der Waals surface area contributed by atoms with E-state index in [4.69, 9.17) is 4.74 Å². The Morgan fingerprint density at radius 2 is 1.70 bits per heavy atom. The second kappa shape index (κ2) is 9.22. The fraction of sp³-hybridized carbons (Fsp3) is 0.292. The van der Waals surface area contributed by atoms with Gasteiger partial charge in [0.25, 0.3) is 0 Å². The molecule has 0 saturated carbocycles. The lowest BCUT2D eigenvalue weighted by atomic mass is 10.1. The summed E-state index contributed by atoms with van der Waals surface area (Å²) in [5.74, 6) is -0.279. The van der Waals surface area contributed by atoms with Crippen LogP contribution in [0.25, 0.3) is 10.8 Å². The molecule has 0 bridgehead atoms. The van der Waals surface area contributed by atoms with E-state index in [1.165, 1.54) is 6.07 Å². The van der Waals surface area contributed by atoms with E-state index >= 15 is 0 Å². The molecule has 0 spiro atoms. The molecule has 3 aromatic rings. The lowest BCUT2D eigenvalue weighted by Crippen LogP contribution is -2.37.